The molecule has 0 aliphatic heterocycles. The summed E-state index contributed by atoms with van der Waals surface area (Å²) in [5.74, 6) is 0. The fraction of sp³-hybridized carbons (Fsp3) is 0.364. The third-order valence-electron chi connectivity index (χ3n) is 2.65. The number of thiophene rings is 1. The fourth-order valence-electron chi connectivity index (χ4n) is 1.72. The molecule has 2 N–H and O–H groups in total. The first-order valence-corrected chi connectivity index (χ1v) is 6.18. The molecular weight excluding hydrogens is 263 g/mol. The second-order valence-corrected chi connectivity index (χ2v) is 4.85. The van der Waals surface area contributed by atoms with Gasteiger partial charge in [0.1, 0.15) is 0 Å². The Kier molecular flexibility index (Phi) is 3.45. The van der Waals surface area contributed by atoms with E-state index < -0.39 is 11.9 Å². The third-order valence-corrected chi connectivity index (χ3v) is 3.77. The number of aryl methyl sites for hydroxylation is 1. The second-order valence-electron chi connectivity index (χ2n) is 3.90. The molecule has 0 bridgehead atoms. The van der Waals surface area contributed by atoms with Gasteiger partial charge in [-0.2, -0.15) is 18.3 Å². The van der Waals surface area contributed by atoms with Crippen molar-refractivity contribution >= 4 is 11.3 Å². The molecule has 2 aromatic rings. The van der Waals surface area contributed by atoms with Crippen molar-refractivity contribution < 1.29 is 13.2 Å². The Morgan fingerprint density at radius 3 is 2.61 bits per heavy atom. The summed E-state index contributed by atoms with van der Waals surface area (Å²) in [7, 11) is 0. The second kappa shape index (κ2) is 4.74. The Balaban J connectivity index is 2.35. The Morgan fingerprint density at radius 1 is 1.44 bits per heavy atom. The zero-order chi connectivity index (χ0) is 13.3. The van der Waals surface area contributed by atoms with E-state index in [9.17, 15) is 13.2 Å². The first-order valence-electron chi connectivity index (χ1n) is 5.30. The van der Waals surface area contributed by atoms with Crippen LogP contribution in [0.1, 0.15) is 22.2 Å². The van der Waals surface area contributed by atoms with Crippen molar-refractivity contribution in [3.63, 3.8) is 0 Å². The standard InChI is InChI=1S/C11H12F3N3S/c1-7-3-5-18-10(7)8(6-15)17-4-2-9(16-17)11(12,13)14/h2-5,8H,6,15H2,1H3. The van der Waals surface area contributed by atoms with Gasteiger partial charge in [0.05, 0.1) is 6.04 Å². The molecule has 1 unspecified atom stereocenters. The monoisotopic (exact) mass is 275 g/mol. The van der Waals surface area contributed by atoms with E-state index in [0.717, 1.165) is 16.5 Å². The van der Waals surface area contributed by atoms with Crippen LogP contribution in [0.2, 0.25) is 0 Å². The van der Waals surface area contributed by atoms with Gasteiger partial charge in [-0.25, -0.2) is 0 Å². The van der Waals surface area contributed by atoms with Crippen LogP contribution in [-0.2, 0) is 6.18 Å². The van der Waals surface area contributed by atoms with Crippen LogP contribution in [-0.4, -0.2) is 16.3 Å². The van der Waals surface area contributed by atoms with Crippen molar-refractivity contribution in [3.05, 3.63) is 39.8 Å². The van der Waals surface area contributed by atoms with Crippen LogP contribution in [0, 0.1) is 6.92 Å². The number of rotatable bonds is 3. The van der Waals surface area contributed by atoms with Gasteiger partial charge >= 0.3 is 6.18 Å². The van der Waals surface area contributed by atoms with Crippen LogP contribution in [0.5, 0.6) is 0 Å². The number of hydrogen-bond acceptors (Lipinski definition) is 3. The van der Waals surface area contributed by atoms with E-state index >= 15 is 0 Å². The Hall–Kier alpha value is -1.34. The van der Waals surface area contributed by atoms with Gasteiger partial charge in [0.15, 0.2) is 5.69 Å². The first kappa shape index (κ1) is 13.1. The number of nitrogens with zero attached hydrogens (tertiary/aromatic N) is 2. The highest BCUT2D eigenvalue weighted by atomic mass is 32.1. The number of nitrogens with two attached hydrogens (primary N) is 1. The Labute approximate surface area is 106 Å². The number of aromatic nitrogens is 2. The van der Waals surface area contributed by atoms with Crippen LogP contribution in [0.15, 0.2) is 23.7 Å². The minimum atomic E-state index is -4.42. The fourth-order valence-corrected chi connectivity index (χ4v) is 2.76. The predicted octanol–water partition coefficient (Wildman–Crippen LogP) is 2.82. The van der Waals surface area contributed by atoms with Crippen molar-refractivity contribution in [2.24, 2.45) is 5.73 Å². The summed E-state index contributed by atoms with van der Waals surface area (Å²) in [4.78, 5) is 0.939. The summed E-state index contributed by atoms with van der Waals surface area (Å²) in [5.41, 5.74) is 5.77. The molecule has 1 atom stereocenters. The average molecular weight is 275 g/mol. The maximum absolute atomic E-state index is 12.5. The van der Waals surface area contributed by atoms with Gasteiger partial charge in [-0.1, -0.05) is 0 Å². The van der Waals surface area contributed by atoms with E-state index in [-0.39, 0.29) is 12.6 Å². The van der Waals surface area contributed by atoms with Gasteiger partial charge in [0.25, 0.3) is 0 Å². The molecule has 0 saturated carbocycles. The molecule has 0 aromatic carbocycles. The molecule has 18 heavy (non-hydrogen) atoms. The molecule has 0 amide bonds. The van der Waals surface area contributed by atoms with Crippen LogP contribution < -0.4 is 5.73 Å². The maximum Gasteiger partial charge on any atom is 0.435 e. The van der Waals surface area contributed by atoms with Gasteiger partial charge < -0.3 is 5.73 Å². The predicted molar refractivity (Wildman–Crippen MR) is 63.5 cm³/mol. The van der Waals surface area contributed by atoms with E-state index in [1.807, 2.05) is 18.4 Å². The molecule has 0 radical (unpaired) electrons. The highest BCUT2D eigenvalue weighted by Crippen LogP contribution is 2.30. The summed E-state index contributed by atoms with van der Waals surface area (Å²) >= 11 is 1.47. The lowest BCUT2D eigenvalue weighted by atomic mass is 10.2. The van der Waals surface area contributed by atoms with Crippen molar-refractivity contribution in [1.82, 2.24) is 9.78 Å². The SMILES string of the molecule is Cc1ccsc1C(CN)n1ccc(C(F)(F)F)n1. The molecule has 0 fully saturated rings. The van der Waals surface area contributed by atoms with Crippen LogP contribution in [0.4, 0.5) is 13.2 Å². The Bertz CT molecular complexity index is 530. The van der Waals surface area contributed by atoms with Gasteiger partial charge in [0, 0.05) is 17.6 Å². The van der Waals surface area contributed by atoms with Crippen molar-refractivity contribution in [1.29, 1.82) is 0 Å². The van der Waals surface area contributed by atoms with E-state index in [4.69, 9.17) is 5.73 Å². The van der Waals surface area contributed by atoms with Crippen LogP contribution in [0.3, 0.4) is 0 Å². The normalized spacial score (nSPS) is 13.8. The topological polar surface area (TPSA) is 43.8 Å². The molecule has 2 aromatic heterocycles. The van der Waals surface area contributed by atoms with Gasteiger partial charge in [-0.05, 0) is 30.0 Å². The van der Waals surface area contributed by atoms with E-state index in [2.05, 4.69) is 5.10 Å². The minimum Gasteiger partial charge on any atom is -0.328 e. The highest BCUT2D eigenvalue weighted by Gasteiger charge is 2.34. The zero-order valence-electron chi connectivity index (χ0n) is 9.61. The lowest BCUT2D eigenvalue weighted by Gasteiger charge is -2.15. The smallest absolute Gasteiger partial charge is 0.328 e. The van der Waals surface area contributed by atoms with Gasteiger partial charge in [-0.15, -0.1) is 11.3 Å². The summed E-state index contributed by atoms with van der Waals surface area (Å²) in [5, 5.41) is 5.46. The van der Waals surface area contributed by atoms with E-state index in [0.29, 0.717) is 0 Å². The molecule has 98 valence electrons. The van der Waals surface area contributed by atoms with Crippen molar-refractivity contribution in [2.45, 2.75) is 19.1 Å². The summed E-state index contributed by atoms with van der Waals surface area (Å²) in [6, 6.07) is 2.53. The van der Waals surface area contributed by atoms with Gasteiger partial charge in [-0.3, -0.25) is 4.68 Å². The minimum absolute atomic E-state index is 0.209. The van der Waals surface area contributed by atoms with E-state index in [1.165, 1.54) is 22.2 Å². The summed E-state index contributed by atoms with van der Waals surface area (Å²) < 4.78 is 38.7. The van der Waals surface area contributed by atoms with Crippen LogP contribution >= 0.6 is 11.3 Å². The molecule has 0 spiro atoms. The molecule has 3 nitrogen and oxygen atoms in total. The molecular formula is C11H12F3N3S. The molecule has 0 aliphatic rings. The highest BCUT2D eigenvalue weighted by molar-refractivity contribution is 7.10. The van der Waals surface area contributed by atoms with Crippen LogP contribution in [0.25, 0.3) is 0 Å². The summed E-state index contributed by atoms with van der Waals surface area (Å²) in [6.45, 7) is 2.11. The zero-order valence-corrected chi connectivity index (χ0v) is 10.4. The third kappa shape index (κ3) is 2.41. The summed E-state index contributed by atoms with van der Waals surface area (Å²) in [6.07, 6.45) is -3.10. The molecule has 2 rings (SSSR count). The molecule has 2 heterocycles. The lowest BCUT2D eigenvalue weighted by Crippen LogP contribution is -2.21. The van der Waals surface area contributed by atoms with Crippen molar-refractivity contribution in [2.75, 3.05) is 6.54 Å². The average Bonchev–Trinajstić information content (AvgIpc) is 2.89. The molecule has 0 saturated heterocycles. The number of hydrogen-bond donors (Lipinski definition) is 1. The largest absolute Gasteiger partial charge is 0.435 e. The first-order chi connectivity index (χ1) is 8.43. The lowest BCUT2D eigenvalue weighted by molar-refractivity contribution is -0.141. The quantitative estimate of drug-likeness (QED) is 0.936. The number of halogens is 3. The molecule has 7 heteroatoms. The Morgan fingerprint density at radius 2 is 2.17 bits per heavy atom. The maximum atomic E-state index is 12.5. The van der Waals surface area contributed by atoms with E-state index in [1.54, 1.807) is 0 Å². The van der Waals surface area contributed by atoms with Crippen molar-refractivity contribution in [3.8, 4) is 0 Å². The number of alkyl halides is 3. The molecule has 0 aliphatic carbocycles. The van der Waals surface area contributed by atoms with Gasteiger partial charge in [0.2, 0.25) is 0 Å².